The summed E-state index contributed by atoms with van der Waals surface area (Å²) >= 11 is 12.0. The molecule has 100 valence electrons. The molecular formula is C13H18Cl2N2O. The van der Waals surface area contributed by atoms with Gasteiger partial charge in [0.2, 0.25) is 0 Å². The summed E-state index contributed by atoms with van der Waals surface area (Å²) < 4.78 is 5.63. The predicted molar refractivity (Wildman–Crippen MR) is 75.9 cm³/mol. The molecule has 3 nitrogen and oxygen atoms in total. The van der Waals surface area contributed by atoms with Crippen molar-refractivity contribution >= 4 is 23.2 Å². The van der Waals surface area contributed by atoms with Crippen molar-refractivity contribution in [3.63, 3.8) is 0 Å². The molecule has 18 heavy (non-hydrogen) atoms. The quantitative estimate of drug-likeness (QED) is 0.818. The Hall–Kier alpha value is -0.480. The van der Waals surface area contributed by atoms with Gasteiger partial charge in [0, 0.05) is 18.6 Å². The van der Waals surface area contributed by atoms with Crippen molar-refractivity contribution in [1.82, 2.24) is 10.6 Å². The molecule has 2 N–H and O–H groups in total. The Kier molecular flexibility index (Phi) is 4.73. The number of nitrogens with one attached hydrogen (secondary N) is 2. The minimum atomic E-state index is 0.174. The number of hydrogen-bond acceptors (Lipinski definition) is 3. The van der Waals surface area contributed by atoms with Gasteiger partial charge in [-0.05, 0) is 32.0 Å². The van der Waals surface area contributed by atoms with Crippen LogP contribution in [0.1, 0.15) is 13.3 Å². The van der Waals surface area contributed by atoms with Gasteiger partial charge in [0.15, 0.2) is 5.75 Å². The van der Waals surface area contributed by atoms with Crippen LogP contribution in [0.15, 0.2) is 18.2 Å². The van der Waals surface area contributed by atoms with E-state index in [2.05, 4.69) is 17.6 Å². The summed E-state index contributed by atoms with van der Waals surface area (Å²) in [5.41, 5.74) is 0.174. The maximum Gasteiger partial charge on any atom is 0.156 e. The van der Waals surface area contributed by atoms with Crippen LogP contribution in [-0.4, -0.2) is 31.8 Å². The summed E-state index contributed by atoms with van der Waals surface area (Å²) in [6, 6.07) is 5.36. The molecule has 2 rings (SSSR count). The number of benzene rings is 1. The Morgan fingerprint density at radius 2 is 2.11 bits per heavy atom. The monoisotopic (exact) mass is 288 g/mol. The molecule has 1 saturated heterocycles. The largest absolute Gasteiger partial charge is 0.489 e. The molecule has 5 heteroatoms. The van der Waals surface area contributed by atoms with Crippen molar-refractivity contribution in [2.45, 2.75) is 18.9 Å². The minimum Gasteiger partial charge on any atom is -0.489 e. The van der Waals surface area contributed by atoms with Crippen LogP contribution >= 0.6 is 23.2 Å². The third-order valence-electron chi connectivity index (χ3n) is 3.19. The highest BCUT2D eigenvalue weighted by atomic mass is 35.5. The van der Waals surface area contributed by atoms with Crippen molar-refractivity contribution in [1.29, 1.82) is 0 Å². The average Bonchev–Trinajstić information content (AvgIpc) is 2.75. The lowest BCUT2D eigenvalue weighted by Gasteiger charge is -2.24. The van der Waals surface area contributed by atoms with Crippen molar-refractivity contribution in [2.75, 3.05) is 26.2 Å². The molecule has 1 aromatic carbocycles. The van der Waals surface area contributed by atoms with Crippen molar-refractivity contribution in [2.24, 2.45) is 0 Å². The normalized spacial score (nSPS) is 23.3. The fourth-order valence-electron chi connectivity index (χ4n) is 2.09. The molecule has 0 radical (unpaired) electrons. The van der Waals surface area contributed by atoms with Crippen LogP contribution in [0, 0.1) is 0 Å². The zero-order valence-corrected chi connectivity index (χ0v) is 11.9. The van der Waals surface area contributed by atoms with E-state index in [0.29, 0.717) is 22.4 Å². The van der Waals surface area contributed by atoms with Crippen LogP contribution in [0.5, 0.6) is 5.75 Å². The summed E-state index contributed by atoms with van der Waals surface area (Å²) in [5, 5.41) is 7.94. The molecule has 1 fully saturated rings. The van der Waals surface area contributed by atoms with Gasteiger partial charge in [-0.1, -0.05) is 29.3 Å². The van der Waals surface area contributed by atoms with Gasteiger partial charge in [-0.25, -0.2) is 0 Å². The third-order valence-corrected chi connectivity index (χ3v) is 3.78. The molecule has 0 aliphatic carbocycles. The van der Waals surface area contributed by atoms with E-state index < -0.39 is 0 Å². The first kappa shape index (κ1) is 13.9. The minimum absolute atomic E-state index is 0.174. The fourth-order valence-corrected chi connectivity index (χ4v) is 2.60. The lowest BCUT2D eigenvalue weighted by molar-refractivity contribution is 0.284. The first-order valence-corrected chi connectivity index (χ1v) is 6.89. The summed E-state index contributed by atoms with van der Waals surface area (Å²) in [6.45, 7) is 5.62. The number of halogens is 2. The van der Waals surface area contributed by atoms with Gasteiger partial charge >= 0.3 is 0 Å². The number of rotatable bonds is 5. The number of ether oxygens (including phenoxy) is 1. The SMILES string of the molecule is CC1(NCCOc2c(Cl)cccc2Cl)CCNC1. The van der Waals surface area contributed by atoms with E-state index in [0.717, 1.165) is 26.1 Å². The molecule has 0 spiro atoms. The molecule has 1 aliphatic rings. The molecule has 1 aromatic rings. The summed E-state index contributed by atoms with van der Waals surface area (Å²) in [5.74, 6) is 0.567. The van der Waals surface area contributed by atoms with Gasteiger partial charge in [0.25, 0.3) is 0 Å². The van der Waals surface area contributed by atoms with E-state index in [-0.39, 0.29) is 5.54 Å². The predicted octanol–water partition coefficient (Wildman–Crippen LogP) is 2.71. The van der Waals surface area contributed by atoms with Crippen LogP contribution < -0.4 is 15.4 Å². The van der Waals surface area contributed by atoms with Crippen molar-refractivity contribution in [3.8, 4) is 5.75 Å². The molecule has 1 atom stereocenters. The second-order valence-corrected chi connectivity index (χ2v) is 5.63. The molecule has 0 amide bonds. The van der Waals surface area contributed by atoms with Crippen LogP contribution in [0.3, 0.4) is 0 Å². The maximum atomic E-state index is 6.02. The Labute approximate surface area is 118 Å². The third kappa shape index (κ3) is 3.51. The molecule has 0 bridgehead atoms. The zero-order chi connectivity index (χ0) is 13.0. The Morgan fingerprint density at radius 1 is 1.39 bits per heavy atom. The molecule has 0 saturated carbocycles. The second-order valence-electron chi connectivity index (χ2n) is 4.81. The van der Waals surface area contributed by atoms with E-state index in [1.54, 1.807) is 18.2 Å². The first-order valence-electron chi connectivity index (χ1n) is 6.13. The molecule has 1 aliphatic heterocycles. The lowest BCUT2D eigenvalue weighted by Crippen LogP contribution is -2.45. The molecule has 1 heterocycles. The van der Waals surface area contributed by atoms with Crippen molar-refractivity contribution < 1.29 is 4.74 Å². The summed E-state index contributed by atoms with van der Waals surface area (Å²) in [7, 11) is 0. The van der Waals surface area contributed by atoms with Gasteiger partial charge < -0.3 is 15.4 Å². The van der Waals surface area contributed by atoms with E-state index in [4.69, 9.17) is 27.9 Å². The van der Waals surface area contributed by atoms with Gasteiger partial charge in [-0.15, -0.1) is 0 Å². The summed E-state index contributed by atoms with van der Waals surface area (Å²) in [4.78, 5) is 0. The smallest absolute Gasteiger partial charge is 0.156 e. The highest BCUT2D eigenvalue weighted by Gasteiger charge is 2.27. The number of hydrogen-bond donors (Lipinski definition) is 2. The lowest BCUT2D eigenvalue weighted by atomic mass is 10.0. The van der Waals surface area contributed by atoms with E-state index in [1.807, 2.05) is 0 Å². The van der Waals surface area contributed by atoms with Crippen LogP contribution in [0.25, 0.3) is 0 Å². The highest BCUT2D eigenvalue weighted by molar-refractivity contribution is 6.37. The topological polar surface area (TPSA) is 33.3 Å². The molecule has 1 unspecified atom stereocenters. The molecular weight excluding hydrogens is 271 g/mol. The van der Waals surface area contributed by atoms with Crippen molar-refractivity contribution in [3.05, 3.63) is 28.2 Å². The van der Waals surface area contributed by atoms with E-state index in [9.17, 15) is 0 Å². The fraction of sp³-hybridized carbons (Fsp3) is 0.538. The Morgan fingerprint density at radius 3 is 2.72 bits per heavy atom. The highest BCUT2D eigenvalue weighted by Crippen LogP contribution is 2.32. The average molecular weight is 289 g/mol. The van der Waals surface area contributed by atoms with Crippen LogP contribution in [0.4, 0.5) is 0 Å². The maximum absolute atomic E-state index is 6.02. The van der Waals surface area contributed by atoms with Gasteiger partial charge in [-0.3, -0.25) is 0 Å². The van der Waals surface area contributed by atoms with Gasteiger partial charge in [0.05, 0.1) is 10.0 Å². The van der Waals surface area contributed by atoms with Crippen LogP contribution in [0.2, 0.25) is 10.0 Å². The Balaban J connectivity index is 1.78. The van der Waals surface area contributed by atoms with E-state index in [1.165, 1.54) is 0 Å². The van der Waals surface area contributed by atoms with Gasteiger partial charge in [0.1, 0.15) is 6.61 Å². The second kappa shape index (κ2) is 6.11. The first-order chi connectivity index (χ1) is 8.61. The standard InChI is InChI=1S/C13H18Cl2N2O/c1-13(5-6-16-9-13)17-7-8-18-12-10(14)3-2-4-11(12)15/h2-4,16-17H,5-9H2,1H3. The summed E-state index contributed by atoms with van der Waals surface area (Å²) in [6.07, 6.45) is 1.14. The van der Waals surface area contributed by atoms with Crippen LogP contribution in [-0.2, 0) is 0 Å². The Bertz CT molecular complexity index is 386. The van der Waals surface area contributed by atoms with Gasteiger partial charge in [-0.2, -0.15) is 0 Å². The number of para-hydroxylation sites is 1. The molecule has 0 aromatic heterocycles. The van der Waals surface area contributed by atoms with E-state index >= 15 is 0 Å². The zero-order valence-electron chi connectivity index (χ0n) is 10.4.